The van der Waals surface area contributed by atoms with Gasteiger partial charge in [-0.2, -0.15) is 0 Å². The highest BCUT2D eigenvalue weighted by atomic mass is 35.5. The molecular formula is C26H31ClFN3O6S3. The summed E-state index contributed by atoms with van der Waals surface area (Å²) in [5, 5.41) is 0.0822. The van der Waals surface area contributed by atoms with Crippen LogP contribution in [0.1, 0.15) is 44.9 Å². The molecule has 1 aromatic heterocycles. The molecule has 9 nitrogen and oxygen atoms in total. The van der Waals surface area contributed by atoms with Gasteiger partial charge in [0.05, 0.1) is 15.8 Å². The Morgan fingerprint density at radius 1 is 1.12 bits per heavy atom. The van der Waals surface area contributed by atoms with Crippen molar-refractivity contribution in [2.24, 2.45) is 7.05 Å². The van der Waals surface area contributed by atoms with Gasteiger partial charge in [0.1, 0.15) is 10.6 Å². The number of sulfone groups is 1. The Morgan fingerprint density at radius 2 is 1.75 bits per heavy atom. The molecular weight excluding hydrogens is 601 g/mol. The Kier molecular flexibility index (Phi) is 10.3. The lowest BCUT2D eigenvalue weighted by Gasteiger charge is -2.28. The first-order valence-corrected chi connectivity index (χ1v) is 16.3. The summed E-state index contributed by atoms with van der Waals surface area (Å²) in [6, 6.07) is 7.85. The van der Waals surface area contributed by atoms with Gasteiger partial charge in [0.25, 0.3) is 5.56 Å². The number of aromatic nitrogens is 1. The number of thiol groups is 1. The largest absolute Gasteiger partial charge is 0.598 e. The maximum atomic E-state index is 13.8. The van der Waals surface area contributed by atoms with E-state index in [4.69, 9.17) is 11.6 Å². The summed E-state index contributed by atoms with van der Waals surface area (Å²) >= 11 is 4.97. The van der Waals surface area contributed by atoms with E-state index in [2.05, 4.69) is 9.44 Å². The molecule has 0 fully saturated rings. The second-order valence-electron chi connectivity index (χ2n) is 10.1. The quantitative estimate of drug-likeness (QED) is 0.177. The van der Waals surface area contributed by atoms with E-state index < -0.39 is 48.7 Å². The van der Waals surface area contributed by atoms with E-state index >= 15 is 0 Å². The Labute approximate surface area is 243 Å². The zero-order valence-electron chi connectivity index (χ0n) is 22.5. The third-order valence-electron chi connectivity index (χ3n) is 6.05. The maximum Gasteiger partial charge on any atom is 0.250 e. The standard InChI is InChI=1S/C26H31ClFN3O6S3/c1-16(30-38(33)26(2,3)4)20-13-25(32)31(5)15-22(20)21-12-17(10-11-29-39(34)35)23(27)14-24(21)40(36,37)19-8-6-18(28)7-9-19/h6-9,12-16,30,39H,10-11H2,1-5H3,(H,29,34,35)/t16-,38?/m0/s1. The maximum absolute atomic E-state index is 13.8. The number of rotatable bonds is 10. The average molecular weight is 632 g/mol. The van der Waals surface area contributed by atoms with Crippen molar-refractivity contribution in [2.75, 3.05) is 6.54 Å². The molecule has 0 spiro atoms. The first kappa shape index (κ1) is 32.3. The molecule has 3 rings (SSSR count). The molecule has 0 amide bonds. The topological polar surface area (TPSA) is 137 Å². The zero-order valence-corrected chi connectivity index (χ0v) is 25.8. The van der Waals surface area contributed by atoms with Crippen molar-refractivity contribution >= 4 is 43.7 Å². The van der Waals surface area contributed by atoms with Crippen LogP contribution in [0.15, 0.2) is 63.2 Å². The number of pyridine rings is 1. The molecule has 0 saturated carbocycles. The lowest BCUT2D eigenvalue weighted by atomic mass is 9.95. The Morgan fingerprint density at radius 3 is 2.33 bits per heavy atom. The lowest BCUT2D eigenvalue weighted by molar-refractivity contribution is 0.531. The summed E-state index contributed by atoms with van der Waals surface area (Å²) in [5.41, 5.74) is 1.03. The Bertz CT molecular complexity index is 1630. The number of nitrogens with zero attached hydrogens (tertiary/aromatic N) is 1. The normalized spacial score (nSPS) is 13.9. The first-order chi connectivity index (χ1) is 18.5. The number of halogens is 2. The van der Waals surface area contributed by atoms with Crippen LogP contribution in [0.2, 0.25) is 5.02 Å². The summed E-state index contributed by atoms with van der Waals surface area (Å²) in [5.74, 6) is -0.608. The highest BCUT2D eigenvalue weighted by Gasteiger charge is 2.31. The monoisotopic (exact) mass is 631 g/mol. The minimum absolute atomic E-state index is 0.0184. The summed E-state index contributed by atoms with van der Waals surface area (Å²) in [6.07, 6.45) is 1.63. The molecule has 0 aliphatic heterocycles. The van der Waals surface area contributed by atoms with Crippen LogP contribution in [0.3, 0.4) is 0 Å². The van der Waals surface area contributed by atoms with Crippen molar-refractivity contribution in [1.82, 2.24) is 14.0 Å². The molecule has 2 atom stereocenters. The van der Waals surface area contributed by atoms with E-state index in [0.29, 0.717) is 16.7 Å². The van der Waals surface area contributed by atoms with Crippen LogP contribution in [0.25, 0.3) is 11.1 Å². The van der Waals surface area contributed by atoms with Crippen LogP contribution in [-0.4, -0.2) is 37.2 Å². The van der Waals surface area contributed by atoms with E-state index in [1.807, 2.05) is 0 Å². The van der Waals surface area contributed by atoms with Gasteiger partial charge in [0, 0.05) is 53.4 Å². The van der Waals surface area contributed by atoms with Gasteiger partial charge in [-0.05, 0) is 81.6 Å². The van der Waals surface area contributed by atoms with Crippen LogP contribution in [0.4, 0.5) is 4.39 Å². The Hall–Kier alpha value is -2.26. The van der Waals surface area contributed by atoms with Crippen molar-refractivity contribution in [1.29, 1.82) is 0 Å². The highest BCUT2D eigenvalue weighted by molar-refractivity contribution is 7.91. The van der Waals surface area contributed by atoms with Crippen molar-refractivity contribution in [2.45, 2.75) is 54.7 Å². The van der Waals surface area contributed by atoms with E-state index in [0.717, 1.165) is 24.3 Å². The SMILES string of the molecule is C[C@H](N[S+]([O-])C(C)(C)C)c1cc(=O)n(C)cc1-c1cc(CCN[SH](=O)=O)c(Cl)cc1S(=O)(=O)c1ccc(F)cc1. The molecule has 218 valence electrons. The van der Waals surface area contributed by atoms with Gasteiger partial charge < -0.3 is 9.12 Å². The van der Waals surface area contributed by atoms with Gasteiger partial charge >= 0.3 is 0 Å². The second-order valence-corrected chi connectivity index (χ2v) is 15.3. The van der Waals surface area contributed by atoms with Crippen LogP contribution in [0.5, 0.6) is 0 Å². The number of hydrogen-bond donors (Lipinski definition) is 3. The predicted octanol–water partition coefficient (Wildman–Crippen LogP) is 3.45. The third-order valence-corrected chi connectivity index (χ3v) is 10.4. The third kappa shape index (κ3) is 7.52. The fraction of sp³-hybridized carbons (Fsp3) is 0.346. The van der Waals surface area contributed by atoms with E-state index in [1.165, 1.54) is 36.0 Å². The minimum atomic E-state index is -4.25. The van der Waals surface area contributed by atoms with E-state index in [9.17, 15) is 30.6 Å². The molecule has 1 heterocycles. The molecule has 40 heavy (non-hydrogen) atoms. The molecule has 3 aromatic rings. The van der Waals surface area contributed by atoms with Crippen molar-refractivity contribution < 1.29 is 25.8 Å². The first-order valence-electron chi connectivity index (χ1n) is 12.1. The average Bonchev–Trinajstić information content (AvgIpc) is 2.85. The van der Waals surface area contributed by atoms with Crippen molar-refractivity contribution in [3.05, 3.63) is 81.0 Å². The van der Waals surface area contributed by atoms with Crippen LogP contribution in [-0.2, 0) is 45.6 Å². The molecule has 2 N–H and O–H groups in total. The van der Waals surface area contributed by atoms with Gasteiger partial charge in [-0.15, -0.1) is 4.72 Å². The fourth-order valence-electron chi connectivity index (χ4n) is 3.88. The van der Waals surface area contributed by atoms with Gasteiger partial charge in [-0.3, -0.25) is 4.79 Å². The van der Waals surface area contributed by atoms with Crippen LogP contribution in [0, 0.1) is 5.82 Å². The summed E-state index contributed by atoms with van der Waals surface area (Å²) in [7, 11) is -5.59. The molecule has 0 radical (unpaired) electrons. The summed E-state index contributed by atoms with van der Waals surface area (Å²) in [6.45, 7) is 7.09. The minimum Gasteiger partial charge on any atom is -0.598 e. The highest BCUT2D eigenvalue weighted by Crippen LogP contribution is 2.38. The molecule has 0 aliphatic carbocycles. The molecule has 0 bridgehead atoms. The second kappa shape index (κ2) is 12.7. The fourth-order valence-corrected chi connectivity index (χ4v) is 6.77. The molecule has 2 aromatic carbocycles. The number of nitrogens with one attached hydrogen (secondary N) is 2. The molecule has 1 unspecified atom stereocenters. The number of aryl methyl sites for hydroxylation is 1. The van der Waals surface area contributed by atoms with Crippen LogP contribution < -0.4 is 15.0 Å². The van der Waals surface area contributed by atoms with Crippen LogP contribution >= 0.6 is 11.6 Å². The van der Waals surface area contributed by atoms with Gasteiger partial charge in [-0.25, -0.2) is 25.9 Å². The number of benzene rings is 2. The van der Waals surface area contributed by atoms with Crippen molar-refractivity contribution in [3.8, 4) is 11.1 Å². The Balaban J connectivity index is 2.31. The lowest BCUT2D eigenvalue weighted by Crippen LogP contribution is -2.41. The molecule has 0 aliphatic rings. The van der Waals surface area contributed by atoms with E-state index in [1.54, 1.807) is 27.7 Å². The van der Waals surface area contributed by atoms with Gasteiger partial charge in [0.2, 0.25) is 20.7 Å². The van der Waals surface area contributed by atoms with Gasteiger partial charge in [-0.1, -0.05) is 11.6 Å². The smallest absolute Gasteiger partial charge is 0.250 e. The predicted molar refractivity (Wildman–Crippen MR) is 155 cm³/mol. The zero-order chi connectivity index (χ0) is 30.0. The molecule has 0 saturated heterocycles. The summed E-state index contributed by atoms with van der Waals surface area (Å²) < 4.78 is 82.1. The summed E-state index contributed by atoms with van der Waals surface area (Å²) in [4.78, 5) is 12.3. The molecule has 14 heteroatoms. The van der Waals surface area contributed by atoms with E-state index in [-0.39, 0.29) is 38.9 Å². The van der Waals surface area contributed by atoms with Crippen molar-refractivity contribution in [3.63, 3.8) is 0 Å². The van der Waals surface area contributed by atoms with Gasteiger partial charge in [0.15, 0.2) is 0 Å². The number of hydrogen-bond acceptors (Lipinski definition) is 7.